The van der Waals surface area contributed by atoms with Crippen LogP contribution in [0.25, 0.3) is 0 Å². The van der Waals surface area contributed by atoms with E-state index in [2.05, 4.69) is 11.9 Å². The first-order valence-corrected chi connectivity index (χ1v) is 6.32. The van der Waals surface area contributed by atoms with E-state index in [9.17, 15) is 5.11 Å². The third kappa shape index (κ3) is 2.52. The van der Waals surface area contributed by atoms with Crippen molar-refractivity contribution in [3.63, 3.8) is 0 Å². The second-order valence-electron chi connectivity index (χ2n) is 5.27. The van der Waals surface area contributed by atoms with Crippen molar-refractivity contribution in [3.05, 3.63) is 0 Å². The van der Waals surface area contributed by atoms with Gasteiger partial charge in [0.1, 0.15) is 0 Å². The molecule has 0 spiro atoms. The predicted molar refractivity (Wildman–Crippen MR) is 61.6 cm³/mol. The zero-order valence-electron chi connectivity index (χ0n) is 9.73. The van der Waals surface area contributed by atoms with Gasteiger partial charge in [0.05, 0.1) is 6.61 Å². The highest BCUT2D eigenvalue weighted by Crippen LogP contribution is 2.35. The summed E-state index contributed by atoms with van der Waals surface area (Å²) < 4.78 is 0. The Morgan fingerprint density at radius 1 is 1.27 bits per heavy atom. The van der Waals surface area contributed by atoms with Crippen LogP contribution in [0.5, 0.6) is 0 Å². The van der Waals surface area contributed by atoms with E-state index in [1.807, 2.05) is 0 Å². The molecule has 0 amide bonds. The number of aliphatic hydroxyl groups excluding tert-OH is 1. The molecule has 2 atom stereocenters. The van der Waals surface area contributed by atoms with Crippen LogP contribution >= 0.6 is 0 Å². The summed E-state index contributed by atoms with van der Waals surface area (Å²) >= 11 is 0. The summed E-state index contributed by atoms with van der Waals surface area (Å²) in [5.74, 6) is 0.672. The lowest BCUT2D eigenvalue weighted by Crippen LogP contribution is -2.52. The Bertz CT molecular complexity index is 200. The highest BCUT2D eigenvalue weighted by Gasteiger charge is 2.37. The van der Waals surface area contributed by atoms with Crippen molar-refractivity contribution in [3.8, 4) is 0 Å². The summed E-state index contributed by atoms with van der Waals surface area (Å²) in [7, 11) is 2.14. The highest BCUT2D eigenvalue weighted by atomic mass is 16.3. The standard InChI is InChI=1S/C12H24N2O/c1-14(10-4-2-3-5-10)11(8-15)12(13)9-6-7-9/h9-12,15H,2-8,13H2,1H3. The van der Waals surface area contributed by atoms with E-state index in [1.54, 1.807) is 0 Å². The fourth-order valence-corrected chi connectivity index (χ4v) is 2.90. The van der Waals surface area contributed by atoms with Crippen molar-refractivity contribution < 1.29 is 5.11 Å². The molecular formula is C12H24N2O. The van der Waals surface area contributed by atoms with Crippen molar-refractivity contribution in [2.45, 2.75) is 56.7 Å². The maximum Gasteiger partial charge on any atom is 0.0602 e. The van der Waals surface area contributed by atoms with Crippen LogP contribution < -0.4 is 5.73 Å². The first-order chi connectivity index (χ1) is 7.24. The Morgan fingerprint density at radius 2 is 1.87 bits per heavy atom. The fourth-order valence-electron chi connectivity index (χ4n) is 2.90. The molecule has 0 heterocycles. The van der Waals surface area contributed by atoms with Gasteiger partial charge < -0.3 is 10.8 Å². The molecule has 2 rings (SSSR count). The molecule has 3 heteroatoms. The summed E-state index contributed by atoms with van der Waals surface area (Å²) in [6.07, 6.45) is 7.76. The molecular weight excluding hydrogens is 188 g/mol. The average molecular weight is 212 g/mol. The Labute approximate surface area is 92.6 Å². The first kappa shape index (κ1) is 11.4. The van der Waals surface area contributed by atoms with Crippen LogP contribution in [0, 0.1) is 5.92 Å². The van der Waals surface area contributed by atoms with Gasteiger partial charge >= 0.3 is 0 Å². The van der Waals surface area contributed by atoms with Crippen LogP contribution in [0.3, 0.4) is 0 Å². The summed E-state index contributed by atoms with van der Waals surface area (Å²) in [6.45, 7) is 0.213. The lowest BCUT2D eigenvalue weighted by molar-refractivity contribution is 0.0871. The Kier molecular flexibility index (Phi) is 3.65. The van der Waals surface area contributed by atoms with Gasteiger partial charge in [0.25, 0.3) is 0 Å². The number of nitrogens with zero attached hydrogens (tertiary/aromatic N) is 1. The number of likely N-dealkylation sites (N-methyl/N-ethyl adjacent to an activating group) is 1. The monoisotopic (exact) mass is 212 g/mol. The van der Waals surface area contributed by atoms with E-state index >= 15 is 0 Å². The topological polar surface area (TPSA) is 49.5 Å². The molecule has 88 valence electrons. The first-order valence-electron chi connectivity index (χ1n) is 6.32. The van der Waals surface area contributed by atoms with Crippen molar-refractivity contribution >= 4 is 0 Å². The molecule has 2 aliphatic rings. The second-order valence-corrected chi connectivity index (χ2v) is 5.27. The van der Waals surface area contributed by atoms with Crippen LogP contribution in [0.1, 0.15) is 38.5 Å². The minimum absolute atomic E-state index is 0.181. The van der Waals surface area contributed by atoms with E-state index in [-0.39, 0.29) is 18.7 Å². The maximum absolute atomic E-state index is 9.48. The Hall–Kier alpha value is -0.120. The minimum Gasteiger partial charge on any atom is -0.395 e. The number of rotatable bonds is 5. The SMILES string of the molecule is CN(C1CCCC1)C(CO)C(N)C1CC1. The second kappa shape index (κ2) is 4.81. The van der Waals surface area contributed by atoms with E-state index in [4.69, 9.17) is 5.73 Å². The largest absolute Gasteiger partial charge is 0.395 e. The van der Waals surface area contributed by atoms with E-state index in [0.29, 0.717) is 12.0 Å². The van der Waals surface area contributed by atoms with Crippen molar-refractivity contribution in [1.82, 2.24) is 4.90 Å². The van der Waals surface area contributed by atoms with Gasteiger partial charge in [0.2, 0.25) is 0 Å². The average Bonchev–Trinajstić information content (AvgIpc) is 2.94. The molecule has 3 nitrogen and oxygen atoms in total. The molecule has 0 aliphatic heterocycles. The third-order valence-corrected chi connectivity index (χ3v) is 4.22. The third-order valence-electron chi connectivity index (χ3n) is 4.22. The van der Waals surface area contributed by atoms with Crippen LogP contribution in [0.2, 0.25) is 0 Å². The molecule has 0 saturated heterocycles. The minimum atomic E-state index is 0.181. The van der Waals surface area contributed by atoms with Crippen LogP contribution in [-0.4, -0.2) is 41.8 Å². The highest BCUT2D eigenvalue weighted by molar-refractivity contribution is 4.94. The van der Waals surface area contributed by atoms with E-state index in [0.717, 1.165) is 0 Å². The smallest absolute Gasteiger partial charge is 0.0602 e. The van der Waals surface area contributed by atoms with Crippen molar-refractivity contribution in [2.75, 3.05) is 13.7 Å². The normalized spacial score (nSPS) is 27.2. The van der Waals surface area contributed by atoms with Gasteiger partial charge in [-0.2, -0.15) is 0 Å². The molecule has 0 bridgehead atoms. The molecule has 0 aromatic heterocycles. The van der Waals surface area contributed by atoms with Gasteiger partial charge in [0, 0.05) is 18.1 Å². The number of hydrogen-bond acceptors (Lipinski definition) is 3. The molecule has 0 aromatic carbocycles. The zero-order valence-corrected chi connectivity index (χ0v) is 9.73. The van der Waals surface area contributed by atoms with Gasteiger partial charge in [-0.05, 0) is 38.6 Å². The molecule has 15 heavy (non-hydrogen) atoms. The molecule has 0 radical (unpaired) electrons. The van der Waals surface area contributed by atoms with Gasteiger partial charge in [-0.15, -0.1) is 0 Å². The fraction of sp³-hybridized carbons (Fsp3) is 1.00. The van der Waals surface area contributed by atoms with Crippen LogP contribution in [0.15, 0.2) is 0 Å². The quantitative estimate of drug-likeness (QED) is 0.713. The molecule has 2 saturated carbocycles. The molecule has 2 fully saturated rings. The summed E-state index contributed by atoms with van der Waals surface area (Å²) in [6, 6.07) is 1.02. The number of nitrogens with two attached hydrogens (primary N) is 1. The summed E-state index contributed by atoms with van der Waals surface area (Å²) in [5, 5.41) is 9.48. The van der Waals surface area contributed by atoms with Gasteiger partial charge in [-0.1, -0.05) is 12.8 Å². The van der Waals surface area contributed by atoms with Crippen molar-refractivity contribution in [2.24, 2.45) is 11.7 Å². The van der Waals surface area contributed by atoms with Crippen LogP contribution in [-0.2, 0) is 0 Å². The lowest BCUT2D eigenvalue weighted by atomic mass is 10.0. The van der Waals surface area contributed by atoms with Gasteiger partial charge in [-0.3, -0.25) is 4.90 Å². The zero-order chi connectivity index (χ0) is 10.8. The molecule has 3 N–H and O–H groups in total. The van der Waals surface area contributed by atoms with E-state index in [1.165, 1.54) is 38.5 Å². The predicted octanol–water partition coefficient (Wildman–Crippen LogP) is 0.959. The Balaban J connectivity index is 1.91. The van der Waals surface area contributed by atoms with Gasteiger partial charge in [0.15, 0.2) is 0 Å². The van der Waals surface area contributed by atoms with Gasteiger partial charge in [-0.25, -0.2) is 0 Å². The lowest BCUT2D eigenvalue weighted by Gasteiger charge is -2.35. The maximum atomic E-state index is 9.48. The molecule has 2 unspecified atom stereocenters. The van der Waals surface area contributed by atoms with Crippen LogP contribution in [0.4, 0.5) is 0 Å². The van der Waals surface area contributed by atoms with Crippen molar-refractivity contribution in [1.29, 1.82) is 0 Å². The number of hydrogen-bond donors (Lipinski definition) is 2. The Morgan fingerprint density at radius 3 is 2.33 bits per heavy atom. The molecule has 2 aliphatic carbocycles. The number of aliphatic hydroxyl groups is 1. The molecule has 0 aromatic rings. The summed E-state index contributed by atoms with van der Waals surface area (Å²) in [4.78, 5) is 2.34. The van der Waals surface area contributed by atoms with E-state index < -0.39 is 0 Å². The summed E-state index contributed by atoms with van der Waals surface area (Å²) in [5.41, 5.74) is 6.20.